The van der Waals surface area contributed by atoms with Gasteiger partial charge in [0.05, 0.1) is 11.3 Å². The molecule has 5 heteroatoms. The predicted octanol–water partition coefficient (Wildman–Crippen LogP) is 1.80. The van der Waals surface area contributed by atoms with Crippen LogP contribution in [0.5, 0.6) is 0 Å². The van der Waals surface area contributed by atoms with Crippen LogP contribution in [0.2, 0.25) is 0 Å². The number of amides is 1. The lowest BCUT2D eigenvalue weighted by Gasteiger charge is -2.17. The first kappa shape index (κ1) is 12.6. The van der Waals surface area contributed by atoms with E-state index in [1.165, 1.54) is 0 Å². The Morgan fingerprint density at radius 3 is 2.70 bits per heavy atom. The molecule has 0 bridgehead atoms. The lowest BCUT2D eigenvalue weighted by molar-refractivity contribution is 0.0791. The molecule has 2 aromatic rings. The Labute approximate surface area is 117 Å². The van der Waals surface area contributed by atoms with Crippen molar-refractivity contribution in [3.05, 3.63) is 54.6 Å². The van der Waals surface area contributed by atoms with Crippen LogP contribution in [0.15, 0.2) is 49.1 Å². The number of carbonyl (C=O) groups is 1. The number of carbonyl (C=O) groups excluding carboxylic acids is 1. The zero-order valence-corrected chi connectivity index (χ0v) is 11.1. The molecule has 20 heavy (non-hydrogen) atoms. The molecule has 3 heterocycles. The smallest absolute Gasteiger partial charge is 0.255 e. The number of nitrogens with zero attached hydrogens (tertiary/aromatic N) is 3. The van der Waals surface area contributed by atoms with Crippen molar-refractivity contribution in [2.45, 2.75) is 12.5 Å². The second-order valence-electron chi connectivity index (χ2n) is 4.86. The average molecular weight is 268 g/mol. The van der Waals surface area contributed by atoms with Crippen LogP contribution in [-0.2, 0) is 0 Å². The molecule has 1 amide bonds. The first-order valence-corrected chi connectivity index (χ1v) is 6.69. The molecule has 1 N–H and O–H groups in total. The van der Waals surface area contributed by atoms with Gasteiger partial charge < -0.3 is 10.2 Å². The molecule has 0 radical (unpaired) electrons. The molecular formula is C15H16N4O. The summed E-state index contributed by atoms with van der Waals surface area (Å²) in [5.41, 5.74) is 1.64. The van der Waals surface area contributed by atoms with E-state index in [2.05, 4.69) is 15.3 Å². The Morgan fingerprint density at radius 2 is 2.00 bits per heavy atom. The summed E-state index contributed by atoms with van der Waals surface area (Å²) in [5.74, 6) is 0.0496. The van der Waals surface area contributed by atoms with Gasteiger partial charge in [-0.25, -0.2) is 0 Å². The third-order valence-corrected chi connectivity index (χ3v) is 3.42. The highest BCUT2D eigenvalue weighted by atomic mass is 16.2. The molecular weight excluding hydrogens is 252 g/mol. The van der Waals surface area contributed by atoms with Crippen molar-refractivity contribution in [2.75, 3.05) is 18.4 Å². The number of hydrogen-bond acceptors (Lipinski definition) is 4. The van der Waals surface area contributed by atoms with E-state index >= 15 is 0 Å². The molecule has 5 nitrogen and oxygen atoms in total. The maximum Gasteiger partial charge on any atom is 0.255 e. The van der Waals surface area contributed by atoms with Crippen molar-refractivity contribution < 1.29 is 4.79 Å². The maximum atomic E-state index is 12.3. The average Bonchev–Trinajstić information content (AvgIpc) is 2.97. The standard InChI is InChI=1S/C15H16N4O/c20-15(12-3-1-6-16-9-12)19-8-5-14(11-19)18-13-4-2-7-17-10-13/h1-4,6-7,9-10,14,18H,5,8,11H2/t14-/m1/s1. The van der Waals surface area contributed by atoms with Crippen LogP contribution in [0.4, 0.5) is 5.69 Å². The van der Waals surface area contributed by atoms with Crippen molar-refractivity contribution in [1.82, 2.24) is 14.9 Å². The predicted molar refractivity (Wildman–Crippen MR) is 76.4 cm³/mol. The van der Waals surface area contributed by atoms with Gasteiger partial charge in [0.1, 0.15) is 0 Å². The first-order valence-electron chi connectivity index (χ1n) is 6.69. The molecule has 2 aromatic heterocycles. The summed E-state index contributed by atoms with van der Waals surface area (Å²) in [7, 11) is 0. The summed E-state index contributed by atoms with van der Waals surface area (Å²) in [4.78, 5) is 22.2. The molecule has 0 aromatic carbocycles. The highest BCUT2D eigenvalue weighted by Gasteiger charge is 2.26. The van der Waals surface area contributed by atoms with Gasteiger partial charge in [0.25, 0.3) is 5.91 Å². The first-order chi connectivity index (χ1) is 9.83. The maximum absolute atomic E-state index is 12.3. The zero-order valence-electron chi connectivity index (χ0n) is 11.1. The molecule has 1 fully saturated rings. The highest BCUT2D eigenvalue weighted by Crippen LogP contribution is 2.17. The van der Waals surface area contributed by atoms with E-state index in [9.17, 15) is 4.79 Å². The lowest BCUT2D eigenvalue weighted by atomic mass is 10.2. The van der Waals surface area contributed by atoms with Crippen molar-refractivity contribution in [1.29, 1.82) is 0 Å². The number of nitrogens with one attached hydrogen (secondary N) is 1. The molecule has 1 aliphatic heterocycles. The minimum Gasteiger partial charge on any atom is -0.379 e. The Bertz CT molecular complexity index is 573. The normalized spacial score (nSPS) is 18.0. The SMILES string of the molecule is O=C(c1cccnc1)N1CC[C@@H](Nc2cccnc2)C1. The minimum absolute atomic E-state index is 0.0496. The fourth-order valence-corrected chi connectivity index (χ4v) is 2.42. The molecule has 1 atom stereocenters. The van der Waals surface area contributed by atoms with E-state index in [4.69, 9.17) is 0 Å². The molecule has 0 saturated carbocycles. The van der Waals surface area contributed by atoms with E-state index in [1.54, 1.807) is 36.9 Å². The Morgan fingerprint density at radius 1 is 1.20 bits per heavy atom. The lowest BCUT2D eigenvalue weighted by Crippen LogP contribution is -2.31. The second kappa shape index (κ2) is 5.69. The van der Waals surface area contributed by atoms with Crippen LogP contribution < -0.4 is 5.32 Å². The van der Waals surface area contributed by atoms with Crippen molar-refractivity contribution in [2.24, 2.45) is 0 Å². The summed E-state index contributed by atoms with van der Waals surface area (Å²) in [6.45, 7) is 1.48. The summed E-state index contributed by atoms with van der Waals surface area (Å²) in [5, 5.41) is 3.41. The van der Waals surface area contributed by atoms with E-state index < -0.39 is 0 Å². The number of aromatic nitrogens is 2. The molecule has 0 aliphatic carbocycles. The minimum atomic E-state index is 0.0496. The zero-order chi connectivity index (χ0) is 13.8. The van der Waals surface area contributed by atoms with Gasteiger partial charge >= 0.3 is 0 Å². The molecule has 0 spiro atoms. The summed E-state index contributed by atoms with van der Waals surface area (Å²) in [6.07, 6.45) is 7.78. The topological polar surface area (TPSA) is 58.1 Å². The van der Waals surface area contributed by atoms with Crippen LogP contribution in [0, 0.1) is 0 Å². The number of rotatable bonds is 3. The number of pyridine rings is 2. The molecule has 1 saturated heterocycles. The highest BCUT2D eigenvalue weighted by molar-refractivity contribution is 5.94. The molecule has 3 rings (SSSR count). The van der Waals surface area contributed by atoms with Gasteiger partial charge in [-0.05, 0) is 30.7 Å². The van der Waals surface area contributed by atoms with Crippen LogP contribution in [-0.4, -0.2) is 39.9 Å². The Balaban J connectivity index is 1.61. The monoisotopic (exact) mass is 268 g/mol. The fourth-order valence-electron chi connectivity index (χ4n) is 2.42. The van der Waals surface area contributed by atoms with E-state index in [-0.39, 0.29) is 11.9 Å². The van der Waals surface area contributed by atoms with Crippen molar-refractivity contribution in [3.8, 4) is 0 Å². The summed E-state index contributed by atoms with van der Waals surface area (Å²) < 4.78 is 0. The van der Waals surface area contributed by atoms with E-state index in [0.717, 1.165) is 18.7 Å². The number of anilines is 1. The quantitative estimate of drug-likeness (QED) is 0.922. The van der Waals surface area contributed by atoms with Gasteiger partial charge in [-0.3, -0.25) is 14.8 Å². The largest absolute Gasteiger partial charge is 0.379 e. The van der Waals surface area contributed by atoms with E-state index in [1.807, 2.05) is 17.0 Å². The van der Waals surface area contributed by atoms with Gasteiger partial charge in [-0.15, -0.1) is 0 Å². The second-order valence-corrected chi connectivity index (χ2v) is 4.86. The number of hydrogen-bond donors (Lipinski definition) is 1. The summed E-state index contributed by atoms with van der Waals surface area (Å²) in [6, 6.07) is 7.75. The fraction of sp³-hybridized carbons (Fsp3) is 0.267. The van der Waals surface area contributed by atoms with E-state index in [0.29, 0.717) is 12.1 Å². The Hall–Kier alpha value is -2.43. The van der Waals surface area contributed by atoms with Crippen LogP contribution >= 0.6 is 0 Å². The van der Waals surface area contributed by atoms with Gasteiger partial charge in [-0.2, -0.15) is 0 Å². The van der Waals surface area contributed by atoms with Crippen LogP contribution in [0.25, 0.3) is 0 Å². The van der Waals surface area contributed by atoms with Gasteiger partial charge in [0, 0.05) is 43.9 Å². The van der Waals surface area contributed by atoms with Crippen molar-refractivity contribution >= 4 is 11.6 Å². The molecule has 0 unspecified atom stereocenters. The summed E-state index contributed by atoms with van der Waals surface area (Å²) >= 11 is 0. The third-order valence-electron chi connectivity index (χ3n) is 3.42. The number of likely N-dealkylation sites (tertiary alicyclic amines) is 1. The molecule has 1 aliphatic rings. The third kappa shape index (κ3) is 2.77. The van der Waals surface area contributed by atoms with Gasteiger partial charge in [0.15, 0.2) is 0 Å². The molecule has 102 valence electrons. The van der Waals surface area contributed by atoms with Gasteiger partial charge in [0.2, 0.25) is 0 Å². The van der Waals surface area contributed by atoms with Crippen LogP contribution in [0.1, 0.15) is 16.8 Å². The Kier molecular flexibility index (Phi) is 3.58. The van der Waals surface area contributed by atoms with Crippen LogP contribution in [0.3, 0.4) is 0 Å². The van der Waals surface area contributed by atoms with Crippen molar-refractivity contribution in [3.63, 3.8) is 0 Å². The van der Waals surface area contributed by atoms with Gasteiger partial charge in [-0.1, -0.05) is 0 Å².